The highest BCUT2D eigenvalue weighted by atomic mass is 16.5. The van der Waals surface area contributed by atoms with E-state index in [1.165, 1.54) is 13.3 Å². The van der Waals surface area contributed by atoms with Gasteiger partial charge in [0.15, 0.2) is 5.75 Å². The molecule has 0 radical (unpaired) electrons. The second-order valence-corrected chi connectivity index (χ2v) is 6.27. The van der Waals surface area contributed by atoms with E-state index in [9.17, 15) is 10.0 Å². The molecule has 146 valence electrons. The Balaban J connectivity index is 1.80. The van der Waals surface area contributed by atoms with Crippen LogP contribution in [0.3, 0.4) is 0 Å². The number of amides is 1. The van der Waals surface area contributed by atoms with Gasteiger partial charge in [-0.25, -0.2) is 10.5 Å². The van der Waals surface area contributed by atoms with Crippen molar-refractivity contribution in [2.24, 2.45) is 0 Å². The molecule has 4 aromatic rings. The molecule has 0 aliphatic heterocycles. The first-order valence-electron chi connectivity index (χ1n) is 9.00. The Bertz CT molecular complexity index is 1280. The fraction of sp³-hybridized carbons (Fsp3) is 0.0435. The van der Waals surface area contributed by atoms with Crippen LogP contribution in [0.15, 0.2) is 67.3 Å². The zero-order valence-corrected chi connectivity index (χ0v) is 16.0. The molecule has 3 heterocycles. The third kappa shape index (κ3) is 3.68. The number of ether oxygens (including phenoxy) is 1. The summed E-state index contributed by atoms with van der Waals surface area (Å²) in [4.78, 5) is 25.1. The number of rotatable bonds is 3. The zero-order chi connectivity index (χ0) is 20.9. The standard InChI is InChI=1S/C23H16N4O3/c1-30-22-20(23(28)27-29)18-14-25-12-10-19(18)26-21(22)17-8-6-15(7-9-17)4-5-16-3-2-11-24-13-16/h2-3,6-14,29H,1H3,(H,27,28). The van der Waals surface area contributed by atoms with Crippen LogP contribution in [0.2, 0.25) is 0 Å². The summed E-state index contributed by atoms with van der Waals surface area (Å²) in [6.45, 7) is 0. The summed E-state index contributed by atoms with van der Waals surface area (Å²) >= 11 is 0. The third-order valence-corrected chi connectivity index (χ3v) is 4.45. The number of nitrogens with one attached hydrogen (secondary N) is 1. The molecule has 0 aliphatic rings. The molecule has 0 aliphatic carbocycles. The topological polar surface area (TPSA) is 97.2 Å². The normalized spacial score (nSPS) is 10.2. The summed E-state index contributed by atoms with van der Waals surface area (Å²) in [6, 6.07) is 12.9. The molecule has 2 N–H and O–H groups in total. The van der Waals surface area contributed by atoms with Crippen LogP contribution >= 0.6 is 0 Å². The number of benzene rings is 1. The average molecular weight is 396 g/mol. The Labute approximate surface area is 172 Å². The lowest BCUT2D eigenvalue weighted by Gasteiger charge is -2.14. The Hall–Kier alpha value is -4.28. The van der Waals surface area contributed by atoms with E-state index in [4.69, 9.17) is 4.74 Å². The van der Waals surface area contributed by atoms with Crippen molar-refractivity contribution in [3.63, 3.8) is 0 Å². The smallest absolute Gasteiger partial charge is 0.279 e. The van der Waals surface area contributed by atoms with E-state index >= 15 is 0 Å². The fourth-order valence-corrected chi connectivity index (χ4v) is 3.06. The first kappa shape index (κ1) is 19.1. The number of pyridine rings is 3. The fourth-order valence-electron chi connectivity index (χ4n) is 3.06. The van der Waals surface area contributed by atoms with E-state index in [2.05, 4.69) is 26.8 Å². The number of hydrogen-bond acceptors (Lipinski definition) is 6. The minimum atomic E-state index is -0.701. The number of carbonyl (C=O) groups is 1. The van der Waals surface area contributed by atoms with Crippen molar-refractivity contribution < 1.29 is 14.7 Å². The van der Waals surface area contributed by atoms with E-state index in [1.807, 2.05) is 36.4 Å². The summed E-state index contributed by atoms with van der Waals surface area (Å²) in [5.41, 5.74) is 5.25. The summed E-state index contributed by atoms with van der Waals surface area (Å²) < 4.78 is 5.50. The van der Waals surface area contributed by atoms with Crippen LogP contribution in [-0.4, -0.2) is 33.2 Å². The number of hydroxylamine groups is 1. The van der Waals surface area contributed by atoms with Crippen LogP contribution in [-0.2, 0) is 0 Å². The lowest BCUT2D eigenvalue weighted by molar-refractivity contribution is 0.0705. The second-order valence-electron chi connectivity index (χ2n) is 6.27. The number of hydrogen-bond donors (Lipinski definition) is 2. The summed E-state index contributed by atoms with van der Waals surface area (Å²) in [5, 5.41) is 9.68. The van der Waals surface area contributed by atoms with Gasteiger partial charge in [-0.05, 0) is 30.3 Å². The molecule has 0 atom stereocenters. The van der Waals surface area contributed by atoms with Gasteiger partial charge in [-0.15, -0.1) is 0 Å². The number of fused-ring (bicyclic) bond motifs is 1. The first-order valence-corrected chi connectivity index (χ1v) is 9.00. The van der Waals surface area contributed by atoms with Crippen molar-refractivity contribution in [1.29, 1.82) is 0 Å². The van der Waals surface area contributed by atoms with Crippen LogP contribution in [0.5, 0.6) is 5.75 Å². The maximum Gasteiger partial charge on any atom is 0.279 e. The molecular weight excluding hydrogens is 380 g/mol. The highest BCUT2D eigenvalue weighted by molar-refractivity contribution is 6.09. The Morgan fingerprint density at radius 2 is 1.77 bits per heavy atom. The molecule has 0 fully saturated rings. The van der Waals surface area contributed by atoms with Gasteiger partial charge in [0, 0.05) is 46.9 Å². The third-order valence-electron chi connectivity index (χ3n) is 4.45. The number of carbonyl (C=O) groups excluding carboxylic acids is 1. The van der Waals surface area contributed by atoms with Gasteiger partial charge in [0.25, 0.3) is 5.91 Å². The van der Waals surface area contributed by atoms with Crippen LogP contribution in [0, 0.1) is 11.8 Å². The number of methoxy groups -OCH3 is 1. The van der Waals surface area contributed by atoms with Crippen molar-refractivity contribution in [2.45, 2.75) is 0 Å². The van der Waals surface area contributed by atoms with E-state index in [-0.39, 0.29) is 11.3 Å². The second kappa shape index (κ2) is 8.39. The molecule has 0 spiro atoms. The van der Waals surface area contributed by atoms with Gasteiger partial charge in [0.1, 0.15) is 5.69 Å². The van der Waals surface area contributed by atoms with E-state index < -0.39 is 5.91 Å². The molecule has 30 heavy (non-hydrogen) atoms. The summed E-state index contributed by atoms with van der Waals surface area (Å²) in [5.74, 6) is 5.69. The van der Waals surface area contributed by atoms with Gasteiger partial charge in [-0.2, -0.15) is 0 Å². The predicted octanol–water partition coefficient (Wildman–Crippen LogP) is 3.22. The van der Waals surface area contributed by atoms with Crippen molar-refractivity contribution in [2.75, 3.05) is 7.11 Å². The number of nitrogens with zero attached hydrogens (tertiary/aromatic N) is 3. The lowest BCUT2D eigenvalue weighted by atomic mass is 10.0. The van der Waals surface area contributed by atoms with Crippen molar-refractivity contribution in [3.05, 3.63) is 83.9 Å². The van der Waals surface area contributed by atoms with Gasteiger partial charge < -0.3 is 4.74 Å². The van der Waals surface area contributed by atoms with Crippen LogP contribution in [0.25, 0.3) is 22.2 Å². The highest BCUT2D eigenvalue weighted by Gasteiger charge is 2.22. The highest BCUT2D eigenvalue weighted by Crippen LogP contribution is 2.35. The molecule has 1 amide bonds. The molecule has 7 nitrogen and oxygen atoms in total. The van der Waals surface area contributed by atoms with E-state index in [0.717, 1.165) is 16.7 Å². The van der Waals surface area contributed by atoms with Gasteiger partial charge in [0.2, 0.25) is 0 Å². The number of aromatic nitrogens is 3. The van der Waals surface area contributed by atoms with E-state index in [0.29, 0.717) is 16.6 Å². The van der Waals surface area contributed by atoms with Crippen molar-refractivity contribution in [1.82, 2.24) is 20.4 Å². The SMILES string of the molecule is COc1c(-c2ccc(C#Cc3cccnc3)cc2)nc2ccncc2c1C(=O)NO. The molecule has 0 saturated carbocycles. The molecule has 4 rings (SSSR count). The van der Waals surface area contributed by atoms with Gasteiger partial charge in [-0.3, -0.25) is 20.0 Å². The lowest BCUT2D eigenvalue weighted by Crippen LogP contribution is -2.20. The molecular formula is C23H16N4O3. The molecule has 1 aromatic carbocycles. The molecule has 0 bridgehead atoms. The van der Waals surface area contributed by atoms with Crippen LogP contribution < -0.4 is 10.2 Å². The maximum absolute atomic E-state index is 12.3. The average Bonchev–Trinajstić information content (AvgIpc) is 2.82. The summed E-state index contributed by atoms with van der Waals surface area (Å²) in [6.07, 6.45) is 6.50. The van der Waals surface area contributed by atoms with Crippen molar-refractivity contribution >= 4 is 16.8 Å². The minimum Gasteiger partial charge on any atom is -0.494 e. The molecule has 3 aromatic heterocycles. The Kier molecular flexibility index (Phi) is 5.33. The van der Waals surface area contributed by atoms with Gasteiger partial charge in [0.05, 0.1) is 18.2 Å². The quantitative estimate of drug-likeness (QED) is 0.314. The molecule has 0 unspecified atom stereocenters. The predicted molar refractivity (Wildman–Crippen MR) is 111 cm³/mol. The monoisotopic (exact) mass is 396 g/mol. The molecule has 7 heteroatoms. The van der Waals surface area contributed by atoms with Crippen LogP contribution in [0.1, 0.15) is 21.5 Å². The first-order chi connectivity index (χ1) is 14.7. The van der Waals surface area contributed by atoms with Crippen molar-refractivity contribution in [3.8, 4) is 28.8 Å². The van der Waals surface area contributed by atoms with Gasteiger partial charge in [-0.1, -0.05) is 24.0 Å². The Morgan fingerprint density at radius 3 is 2.47 bits per heavy atom. The summed E-state index contributed by atoms with van der Waals surface area (Å²) in [7, 11) is 1.45. The Morgan fingerprint density at radius 1 is 1.00 bits per heavy atom. The molecule has 0 saturated heterocycles. The zero-order valence-electron chi connectivity index (χ0n) is 16.0. The largest absolute Gasteiger partial charge is 0.494 e. The maximum atomic E-state index is 12.3. The van der Waals surface area contributed by atoms with E-state index in [1.54, 1.807) is 30.1 Å². The van der Waals surface area contributed by atoms with Crippen LogP contribution in [0.4, 0.5) is 0 Å². The minimum absolute atomic E-state index is 0.161. The van der Waals surface area contributed by atoms with Gasteiger partial charge >= 0.3 is 0 Å².